The number of para-hydroxylation sites is 1. The molecule has 0 heterocycles. The molecule has 2 rings (SSSR count). The zero-order valence-corrected chi connectivity index (χ0v) is 14.1. The lowest BCUT2D eigenvalue weighted by Crippen LogP contribution is -2.50. The van der Waals surface area contributed by atoms with E-state index in [4.69, 9.17) is 0 Å². The van der Waals surface area contributed by atoms with Gasteiger partial charge in [0, 0.05) is 10.2 Å². The number of rotatable bonds is 3. The smallest absolute Gasteiger partial charge is 0.128 e. The Morgan fingerprint density at radius 2 is 2.05 bits per heavy atom. The first-order valence-corrected chi connectivity index (χ1v) is 8.22. The van der Waals surface area contributed by atoms with E-state index in [1.165, 1.54) is 6.42 Å². The van der Waals surface area contributed by atoms with Crippen molar-refractivity contribution in [2.75, 3.05) is 5.32 Å². The molecule has 1 aromatic rings. The van der Waals surface area contributed by atoms with Gasteiger partial charge in [-0.2, -0.15) is 5.26 Å². The van der Waals surface area contributed by atoms with Gasteiger partial charge in [-0.15, -0.1) is 0 Å². The molecule has 108 valence electrons. The Morgan fingerprint density at radius 1 is 1.35 bits per heavy atom. The molecule has 3 atom stereocenters. The first-order valence-electron chi connectivity index (χ1n) is 7.42. The number of benzene rings is 1. The van der Waals surface area contributed by atoms with Crippen molar-refractivity contribution in [3.05, 3.63) is 28.7 Å². The van der Waals surface area contributed by atoms with Crippen LogP contribution in [0.4, 0.5) is 5.69 Å². The monoisotopic (exact) mass is 334 g/mol. The molecule has 0 aromatic heterocycles. The highest BCUT2D eigenvalue weighted by atomic mass is 79.9. The molecule has 1 fully saturated rings. The molecule has 3 heteroatoms. The first-order chi connectivity index (χ1) is 9.48. The predicted molar refractivity (Wildman–Crippen MR) is 87.5 cm³/mol. The second-order valence-electron chi connectivity index (χ2n) is 6.43. The van der Waals surface area contributed by atoms with E-state index in [0.717, 1.165) is 23.0 Å². The molecule has 3 unspecified atom stereocenters. The lowest BCUT2D eigenvalue weighted by atomic mass is 9.65. The summed E-state index contributed by atoms with van der Waals surface area (Å²) in [5, 5.41) is 13.5. The Bertz CT molecular complexity index is 506. The third kappa shape index (κ3) is 3.01. The summed E-state index contributed by atoms with van der Waals surface area (Å²) in [5.74, 6) is 1.51. The maximum atomic E-state index is 9.90. The Morgan fingerprint density at radius 3 is 2.65 bits per heavy atom. The molecule has 0 radical (unpaired) electrons. The maximum Gasteiger partial charge on any atom is 0.128 e. The van der Waals surface area contributed by atoms with Gasteiger partial charge in [0.2, 0.25) is 0 Å². The summed E-state index contributed by atoms with van der Waals surface area (Å²) < 4.78 is 1.02. The Labute approximate surface area is 130 Å². The number of nitrogens with zero attached hydrogens (tertiary/aromatic N) is 1. The summed E-state index contributed by atoms with van der Waals surface area (Å²) in [6.45, 7) is 6.72. The Hall–Kier alpha value is -1.01. The van der Waals surface area contributed by atoms with Crippen molar-refractivity contribution in [3.8, 4) is 6.07 Å². The van der Waals surface area contributed by atoms with Crippen LogP contribution in [-0.2, 0) is 0 Å². The summed E-state index contributed by atoms with van der Waals surface area (Å²) in [6.07, 6.45) is 3.28. The van der Waals surface area contributed by atoms with Crippen LogP contribution >= 0.6 is 15.9 Å². The molecule has 0 spiro atoms. The first kappa shape index (κ1) is 15.4. The van der Waals surface area contributed by atoms with Gasteiger partial charge in [-0.1, -0.05) is 39.3 Å². The van der Waals surface area contributed by atoms with Crippen molar-refractivity contribution in [2.24, 2.45) is 17.8 Å². The van der Waals surface area contributed by atoms with Gasteiger partial charge in [-0.3, -0.25) is 0 Å². The average molecular weight is 335 g/mol. The van der Waals surface area contributed by atoms with Crippen molar-refractivity contribution < 1.29 is 0 Å². The molecule has 1 aliphatic rings. The third-order valence-electron chi connectivity index (χ3n) is 4.51. The van der Waals surface area contributed by atoms with Crippen LogP contribution in [0.25, 0.3) is 0 Å². The van der Waals surface area contributed by atoms with Crippen molar-refractivity contribution in [3.63, 3.8) is 0 Å². The number of nitriles is 1. The lowest BCUT2D eigenvalue weighted by Gasteiger charge is -2.44. The number of nitrogens with one attached hydrogen (secondary N) is 1. The fourth-order valence-electron chi connectivity index (χ4n) is 3.52. The second-order valence-corrected chi connectivity index (χ2v) is 7.28. The molecule has 20 heavy (non-hydrogen) atoms. The minimum atomic E-state index is -0.449. The molecule has 1 N–H and O–H groups in total. The number of hydrogen-bond acceptors (Lipinski definition) is 2. The normalized spacial score (nSPS) is 30.0. The fourth-order valence-corrected chi connectivity index (χ4v) is 3.90. The third-order valence-corrected chi connectivity index (χ3v) is 5.20. The van der Waals surface area contributed by atoms with Crippen molar-refractivity contribution >= 4 is 21.6 Å². The van der Waals surface area contributed by atoms with Gasteiger partial charge in [-0.25, -0.2) is 0 Å². The predicted octanol–water partition coefficient (Wildman–Crippen LogP) is 5.22. The highest BCUT2D eigenvalue weighted by Gasteiger charge is 2.44. The minimum Gasteiger partial charge on any atom is -0.366 e. The van der Waals surface area contributed by atoms with Crippen molar-refractivity contribution in [2.45, 2.75) is 45.6 Å². The molecule has 1 aliphatic carbocycles. The topological polar surface area (TPSA) is 35.8 Å². The summed E-state index contributed by atoms with van der Waals surface area (Å²) in [7, 11) is 0. The van der Waals surface area contributed by atoms with E-state index in [1.54, 1.807) is 0 Å². The van der Waals surface area contributed by atoms with Crippen LogP contribution in [0.15, 0.2) is 28.7 Å². The van der Waals surface area contributed by atoms with Crippen LogP contribution in [0.3, 0.4) is 0 Å². The van der Waals surface area contributed by atoms with E-state index in [9.17, 15) is 5.26 Å². The number of anilines is 1. The van der Waals surface area contributed by atoms with E-state index < -0.39 is 5.54 Å². The Kier molecular flexibility index (Phi) is 4.75. The molecule has 1 aromatic carbocycles. The average Bonchev–Trinajstić information content (AvgIpc) is 2.41. The van der Waals surface area contributed by atoms with Crippen LogP contribution in [-0.4, -0.2) is 5.54 Å². The van der Waals surface area contributed by atoms with Gasteiger partial charge in [-0.05, 0) is 58.7 Å². The largest absolute Gasteiger partial charge is 0.366 e. The number of halogens is 1. The Balaban J connectivity index is 2.35. The highest BCUT2D eigenvalue weighted by Crippen LogP contribution is 2.43. The van der Waals surface area contributed by atoms with Crippen LogP contribution in [0.2, 0.25) is 0 Å². The van der Waals surface area contributed by atoms with Gasteiger partial charge in [0.05, 0.1) is 6.07 Å². The second kappa shape index (κ2) is 6.18. The fraction of sp³-hybridized carbons (Fsp3) is 0.588. The molecular weight excluding hydrogens is 312 g/mol. The van der Waals surface area contributed by atoms with E-state index in [-0.39, 0.29) is 0 Å². The van der Waals surface area contributed by atoms with Gasteiger partial charge in [0.25, 0.3) is 0 Å². The molecule has 1 saturated carbocycles. The zero-order valence-electron chi connectivity index (χ0n) is 12.5. The van der Waals surface area contributed by atoms with Crippen molar-refractivity contribution in [1.82, 2.24) is 0 Å². The summed E-state index contributed by atoms with van der Waals surface area (Å²) in [4.78, 5) is 0. The van der Waals surface area contributed by atoms with Gasteiger partial charge in [0.15, 0.2) is 0 Å². The van der Waals surface area contributed by atoms with Gasteiger partial charge in [0.1, 0.15) is 5.54 Å². The summed E-state index contributed by atoms with van der Waals surface area (Å²) >= 11 is 3.58. The maximum absolute atomic E-state index is 9.90. The lowest BCUT2D eigenvalue weighted by molar-refractivity contribution is 0.167. The molecule has 2 nitrogen and oxygen atoms in total. The standard InChI is InChI=1S/C17H23BrN2/c1-12(2)14-9-8-13(3)10-17(14,11-19)20-16-7-5-4-6-15(16)18/h4-7,12-14,20H,8-10H2,1-3H3. The van der Waals surface area contributed by atoms with Gasteiger partial charge >= 0.3 is 0 Å². The van der Waals surface area contributed by atoms with E-state index >= 15 is 0 Å². The molecule has 0 aliphatic heterocycles. The van der Waals surface area contributed by atoms with E-state index in [1.807, 2.05) is 24.3 Å². The van der Waals surface area contributed by atoms with Crippen LogP contribution in [0.5, 0.6) is 0 Å². The summed E-state index contributed by atoms with van der Waals surface area (Å²) in [5.41, 5.74) is 0.573. The van der Waals surface area contributed by atoms with Crippen LogP contribution < -0.4 is 5.32 Å². The molecule has 0 amide bonds. The van der Waals surface area contributed by atoms with Gasteiger partial charge < -0.3 is 5.32 Å². The quantitative estimate of drug-likeness (QED) is 0.822. The van der Waals surface area contributed by atoms with Crippen LogP contribution in [0, 0.1) is 29.1 Å². The SMILES string of the molecule is CC1CCC(C(C)C)C(C#N)(Nc2ccccc2Br)C1. The van der Waals surface area contributed by atoms with E-state index in [0.29, 0.717) is 17.8 Å². The number of hydrogen-bond donors (Lipinski definition) is 1. The van der Waals surface area contributed by atoms with Crippen molar-refractivity contribution in [1.29, 1.82) is 5.26 Å². The zero-order chi connectivity index (χ0) is 14.8. The molecule has 0 saturated heterocycles. The summed E-state index contributed by atoms with van der Waals surface area (Å²) in [6, 6.07) is 10.7. The van der Waals surface area contributed by atoms with E-state index in [2.05, 4.69) is 48.1 Å². The minimum absolute atomic E-state index is 0.399. The molecule has 0 bridgehead atoms. The molecular formula is C17H23BrN2. The highest BCUT2D eigenvalue weighted by molar-refractivity contribution is 9.10. The van der Waals surface area contributed by atoms with Crippen LogP contribution in [0.1, 0.15) is 40.0 Å².